The third-order valence-corrected chi connectivity index (χ3v) is 7.10. The summed E-state index contributed by atoms with van der Waals surface area (Å²) >= 11 is 1.55. The van der Waals surface area contributed by atoms with Crippen LogP contribution in [0.3, 0.4) is 0 Å². The maximum Gasteiger partial charge on any atom is 0.341 e. The molecule has 11 heteroatoms. The van der Waals surface area contributed by atoms with Crippen LogP contribution in [0.4, 0.5) is 15.2 Å². The van der Waals surface area contributed by atoms with Gasteiger partial charge in [0.2, 0.25) is 12.2 Å². The molecule has 2 aliphatic heterocycles. The van der Waals surface area contributed by atoms with Crippen molar-refractivity contribution < 1.29 is 19.0 Å². The number of carboxylic acids is 1. The number of hydrogen-bond donors (Lipinski definition) is 1. The Kier molecular flexibility index (Phi) is 4.64. The van der Waals surface area contributed by atoms with Crippen LogP contribution in [0, 0.1) is 5.82 Å². The van der Waals surface area contributed by atoms with Gasteiger partial charge in [-0.05, 0) is 12.5 Å². The van der Waals surface area contributed by atoms with Crippen molar-refractivity contribution in [2.45, 2.75) is 12.5 Å². The molecule has 3 aromatic rings. The van der Waals surface area contributed by atoms with Crippen molar-refractivity contribution in [3.63, 3.8) is 0 Å². The van der Waals surface area contributed by atoms with Gasteiger partial charge in [-0.15, -0.1) is 11.3 Å². The lowest BCUT2D eigenvalue weighted by Crippen LogP contribution is -2.56. The summed E-state index contributed by atoms with van der Waals surface area (Å²) in [6.45, 7) is 1.36. The number of quaternary nitrogens is 1. The van der Waals surface area contributed by atoms with E-state index >= 15 is 4.39 Å². The predicted octanol–water partition coefficient (Wildman–Crippen LogP) is 2.06. The average Bonchev–Trinajstić information content (AvgIpc) is 3.43. The zero-order valence-corrected chi connectivity index (χ0v) is 18.7. The number of carbonyl (C=O) groups is 1. The molecule has 1 fully saturated rings. The van der Waals surface area contributed by atoms with Gasteiger partial charge in [0.25, 0.3) is 0 Å². The van der Waals surface area contributed by atoms with Crippen LogP contribution in [0.15, 0.2) is 28.6 Å². The Morgan fingerprint density at radius 1 is 1.44 bits per heavy atom. The lowest BCUT2D eigenvalue weighted by Gasteiger charge is -2.37. The van der Waals surface area contributed by atoms with Crippen LogP contribution in [0.5, 0.6) is 5.75 Å². The minimum absolute atomic E-state index is 0.00250. The van der Waals surface area contributed by atoms with Crippen LogP contribution in [0.25, 0.3) is 10.9 Å². The highest BCUT2D eigenvalue weighted by atomic mass is 32.1. The van der Waals surface area contributed by atoms with Crippen molar-refractivity contribution in [2.24, 2.45) is 0 Å². The Hall–Kier alpha value is -3.18. The smallest absolute Gasteiger partial charge is 0.341 e. The average molecular weight is 461 g/mol. The molecule has 5 rings (SSSR count). The van der Waals surface area contributed by atoms with Gasteiger partial charge >= 0.3 is 5.97 Å². The van der Waals surface area contributed by atoms with Gasteiger partial charge in [0.15, 0.2) is 16.7 Å². The van der Waals surface area contributed by atoms with E-state index < -0.39 is 22.8 Å². The molecule has 0 spiro atoms. The highest BCUT2D eigenvalue weighted by molar-refractivity contribution is 7.13. The van der Waals surface area contributed by atoms with E-state index in [1.807, 2.05) is 31.4 Å². The molecule has 2 aliphatic rings. The highest BCUT2D eigenvalue weighted by Crippen LogP contribution is 2.42. The summed E-state index contributed by atoms with van der Waals surface area (Å²) in [4.78, 5) is 32.9. The second kappa shape index (κ2) is 7.17. The summed E-state index contributed by atoms with van der Waals surface area (Å²) in [5.74, 6) is -1.65. The Morgan fingerprint density at radius 3 is 2.91 bits per heavy atom. The second-order valence-corrected chi connectivity index (χ2v) is 9.54. The van der Waals surface area contributed by atoms with Crippen LogP contribution < -0.4 is 24.6 Å². The fourth-order valence-corrected chi connectivity index (χ4v) is 5.18. The Balaban J connectivity index is 1.64. The van der Waals surface area contributed by atoms with Gasteiger partial charge < -0.3 is 19.6 Å². The summed E-state index contributed by atoms with van der Waals surface area (Å²) in [7, 11) is 5.64. The van der Waals surface area contributed by atoms with Gasteiger partial charge in [0, 0.05) is 31.7 Å². The summed E-state index contributed by atoms with van der Waals surface area (Å²) in [5, 5.41) is 12.3. The first-order valence-electron chi connectivity index (χ1n) is 10.2. The number of benzene rings is 1. The van der Waals surface area contributed by atoms with E-state index in [1.54, 1.807) is 22.2 Å². The fraction of sp³-hybridized carbons (Fsp3) is 0.381. The molecule has 0 bridgehead atoms. The zero-order chi connectivity index (χ0) is 22.8. The summed E-state index contributed by atoms with van der Waals surface area (Å²) in [6, 6.07) is 1.29. The number of ether oxygens (including phenoxy) is 1. The molecular weight excluding hydrogens is 437 g/mol. The van der Waals surface area contributed by atoms with Crippen molar-refractivity contribution in [3.8, 4) is 5.75 Å². The molecule has 0 aliphatic carbocycles. The van der Waals surface area contributed by atoms with Crippen LogP contribution in [0.1, 0.15) is 16.8 Å². The summed E-state index contributed by atoms with van der Waals surface area (Å²) in [5.41, 5.74) is -0.397. The molecule has 0 unspecified atom stereocenters. The van der Waals surface area contributed by atoms with Gasteiger partial charge in [-0.25, -0.2) is 14.2 Å². The number of aromatic nitrogens is 2. The molecule has 1 aromatic carbocycles. The van der Waals surface area contributed by atoms with Gasteiger partial charge in [0.05, 0.1) is 31.7 Å². The first kappa shape index (κ1) is 20.7. The van der Waals surface area contributed by atoms with E-state index in [2.05, 4.69) is 9.88 Å². The molecule has 168 valence electrons. The molecule has 1 atom stereocenters. The number of anilines is 2. The maximum absolute atomic E-state index is 15.4. The first-order valence-corrected chi connectivity index (χ1v) is 11.1. The molecular formula is C21H23FN5O4S+. The van der Waals surface area contributed by atoms with Crippen LogP contribution in [0.2, 0.25) is 0 Å². The lowest BCUT2D eigenvalue weighted by atomic mass is 10.1. The third kappa shape index (κ3) is 3.03. The standard InChI is InChI=1S/C21H22FN5O4S/c1-24(21-23-5-7-32-21)12-4-6-25(9-12)17-15(22)8-13-16-19(17)31-11-27(2,3)26(16)10-14(18(13)28)20(29)30/h5,7-8,10,12H,4,6,9,11H2,1-3H3/p+1/t12-/m1/s1. The minimum atomic E-state index is -1.34. The van der Waals surface area contributed by atoms with Gasteiger partial charge in [-0.3, -0.25) is 4.79 Å². The number of aromatic carboxylic acids is 1. The lowest BCUT2D eigenvalue weighted by molar-refractivity contribution is 0.0665. The topological polar surface area (TPSA) is 87.9 Å². The number of hydrogen-bond acceptors (Lipinski definition) is 7. The molecule has 0 radical (unpaired) electrons. The van der Waals surface area contributed by atoms with Crippen molar-refractivity contribution >= 4 is 39.0 Å². The molecule has 4 heterocycles. The van der Waals surface area contributed by atoms with Gasteiger partial charge in [-0.1, -0.05) is 0 Å². The van der Waals surface area contributed by atoms with Crippen LogP contribution >= 0.6 is 11.3 Å². The normalized spacial score (nSPS) is 19.2. The number of thiazole rings is 1. The second-order valence-electron chi connectivity index (χ2n) is 8.66. The number of nitrogens with zero attached hydrogens (tertiary/aromatic N) is 5. The number of halogens is 1. The van der Waals surface area contributed by atoms with E-state index in [0.29, 0.717) is 24.3 Å². The van der Waals surface area contributed by atoms with Crippen molar-refractivity contribution in [2.75, 3.05) is 50.8 Å². The number of rotatable bonds is 4. The number of likely N-dealkylation sites (N-methyl/N-ethyl adjacent to an activating group) is 1. The van der Waals surface area contributed by atoms with E-state index in [1.165, 1.54) is 6.20 Å². The van der Waals surface area contributed by atoms with E-state index in [0.717, 1.165) is 17.6 Å². The molecule has 9 nitrogen and oxygen atoms in total. The van der Waals surface area contributed by atoms with Crippen LogP contribution in [-0.4, -0.2) is 67.7 Å². The van der Waals surface area contributed by atoms with E-state index in [4.69, 9.17) is 4.74 Å². The zero-order valence-electron chi connectivity index (χ0n) is 17.9. The molecule has 2 aromatic heterocycles. The number of carboxylic acid groups (broad SMARTS) is 1. The number of pyridine rings is 1. The first-order chi connectivity index (χ1) is 15.2. The highest BCUT2D eigenvalue weighted by Gasteiger charge is 2.37. The molecule has 0 saturated carbocycles. The molecule has 0 amide bonds. The molecule has 32 heavy (non-hydrogen) atoms. The van der Waals surface area contributed by atoms with E-state index in [-0.39, 0.29) is 28.5 Å². The Morgan fingerprint density at radius 2 is 2.22 bits per heavy atom. The SMILES string of the molecule is CN(c1nccs1)[C@@H]1CCN(c2c(F)cc3c(=O)c(C(=O)O)cn4c3c2OC[N+]4(C)C)C1. The molecule has 1 saturated heterocycles. The van der Waals surface area contributed by atoms with Crippen molar-refractivity contribution in [3.05, 3.63) is 45.4 Å². The third-order valence-electron chi connectivity index (χ3n) is 6.24. The van der Waals surface area contributed by atoms with E-state index in [9.17, 15) is 14.7 Å². The maximum atomic E-state index is 15.4. The minimum Gasteiger partial charge on any atom is -0.477 e. The summed E-state index contributed by atoms with van der Waals surface area (Å²) < 4.78 is 23.3. The van der Waals surface area contributed by atoms with Gasteiger partial charge in [-0.2, -0.15) is 9.27 Å². The monoisotopic (exact) mass is 460 g/mol. The Bertz CT molecular complexity index is 1290. The quantitative estimate of drug-likeness (QED) is 0.597. The van der Waals surface area contributed by atoms with Crippen LogP contribution in [-0.2, 0) is 0 Å². The van der Waals surface area contributed by atoms with Gasteiger partial charge in [0.1, 0.15) is 16.8 Å². The van der Waals surface area contributed by atoms with Crippen molar-refractivity contribution in [1.82, 2.24) is 14.3 Å². The summed E-state index contributed by atoms with van der Waals surface area (Å²) in [6.07, 6.45) is 3.90. The van der Waals surface area contributed by atoms with Crippen molar-refractivity contribution in [1.29, 1.82) is 0 Å². The predicted molar refractivity (Wildman–Crippen MR) is 121 cm³/mol. The molecule has 1 N–H and O–H groups in total. The fourth-order valence-electron chi connectivity index (χ4n) is 4.50. The Labute approximate surface area is 187 Å². The largest absolute Gasteiger partial charge is 0.477 e.